The average Bonchev–Trinajstić information content (AvgIpc) is 2.06. The first-order valence-electron chi connectivity index (χ1n) is 3.26. The van der Waals surface area contributed by atoms with Gasteiger partial charge in [-0.15, -0.1) is 0 Å². The summed E-state index contributed by atoms with van der Waals surface area (Å²) in [6.07, 6.45) is 0. The summed E-state index contributed by atoms with van der Waals surface area (Å²) < 4.78 is 20.3. The molecule has 0 saturated heterocycles. The Morgan fingerprint density at radius 3 is 2.42 bits per heavy atom. The van der Waals surface area contributed by atoms with Crippen LogP contribution >= 0.6 is 19.5 Å². The summed E-state index contributed by atoms with van der Waals surface area (Å²) in [6, 6.07) is 8.71. The third-order valence-corrected chi connectivity index (χ3v) is 2.69. The Labute approximate surface area is 76.0 Å². The van der Waals surface area contributed by atoms with Gasteiger partial charge in [0.2, 0.25) is 0 Å². The van der Waals surface area contributed by atoms with Crippen molar-refractivity contribution >= 4 is 19.5 Å². The van der Waals surface area contributed by atoms with Crippen molar-refractivity contribution in [1.29, 1.82) is 0 Å². The van der Waals surface area contributed by atoms with Gasteiger partial charge in [-0.2, -0.15) is 4.08 Å². The van der Waals surface area contributed by atoms with Crippen LogP contribution in [0.3, 0.4) is 0 Å². The van der Waals surface area contributed by atoms with E-state index in [1.165, 1.54) is 6.66 Å². The fourth-order valence-electron chi connectivity index (χ4n) is 0.687. The van der Waals surface area contributed by atoms with E-state index in [0.29, 0.717) is 5.75 Å². The van der Waals surface area contributed by atoms with Crippen molar-refractivity contribution in [3.8, 4) is 5.75 Å². The number of hydrogen-bond donors (Lipinski definition) is 0. The third kappa shape index (κ3) is 2.86. The Bertz CT molecular complexity index is 288. The molecule has 0 heterocycles. The molecule has 0 aliphatic rings. The molecule has 1 aromatic carbocycles. The Balaban J connectivity index is 2.71. The maximum absolute atomic E-state index is 11.2. The molecule has 0 bridgehead atoms. The quantitative estimate of drug-likeness (QED) is 0.713. The minimum Gasteiger partial charge on any atom is -0.424 e. The van der Waals surface area contributed by atoms with Crippen molar-refractivity contribution in [2.75, 3.05) is 6.66 Å². The standard InChI is InChI=1S/C7H8ClO3P/c1-12(9,11-8)10-7-5-3-2-4-6-7/h2-6H,1H3. The highest BCUT2D eigenvalue weighted by Crippen LogP contribution is 2.45. The molecule has 1 unspecified atom stereocenters. The molecule has 0 aliphatic carbocycles. The summed E-state index contributed by atoms with van der Waals surface area (Å²) in [5, 5.41) is 0. The highest BCUT2D eigenvalue weighted by Gasteiger charge is 2.17. The van der Waals surface area contributed by atoms with Crippen molar-refractivity contribution in [1.82, 2.24) is 0 Å². The minimum atomic E-state index is -3.13. The molecule has 0 aliphatic heterocycles. The van der Waals surface area contributed by atoms with Crippen LogP contribution in [-0.2, 0) is 8.64 Å². The van der Waals surface area contributed by atoms with Crippen LogP contribution in [0.2, 0.25) is 0 Å². The summed E-state index contributed by atoms with van der Waals surface area (Å²) in [7, 11) is -3.13. The number of para-hydroxylation sites is 1. The predicted molar refractivity (Wildman–Crippen MR) is 47.5 cm³/mol. The van der Waals surface area contributed by atoms with Gasteiger partial charge in [-0.25, -0.2) is 4.57 Å². The van der Waals surface area contributed by atoms with Crippen LogP contribution in [0.5, 0.6) is 5.75 Å². The number of rotatable bonds is 3. The van der Waals surface area contributed by atoms with E-state index in [1.54, 1.807) is 24.3 Å². The monoisotopic (exact) mass is 206 g/mol. The van der Waals surface area contributed by atoms with Crippen LogP contribution in [0.1, 0.15) is 0 Å². The lowest BCUT2D eigenvalue weighted by Crippen LogP contribution is -1.89. The molecule has 3 nitrogen and oxygen atoms in total. The van der Waals surface area contributed by atoms with Gasteiger partial charge in [0.1, 0.15) is 5.75 Å². The Hall–Kier alpha value is -0.500. The topological polar surface area (TPSA) is 35.5 Å². The van der Waals surface area contributed by atoms with Crippen molar-refractivity contribution in [2.24, 2.45) is 0 Å². The van der Waals surface area contributed by atoms with Crippen LogP contribution in [0.4, 0.5) is 0 Å². The van der Waals surface area contributed by atoms with E-state index in [9.17, 15) is 4.57 Å². The zero-order valence-electron chi connectivity index (χ0n) is 6.44. The first-order valence-corrected chi connectivity index (χ1v) is 5.56. The maximum Gasteiger partial charge on any atom is 0.392 e. The van der Waals surface area contributed by atoms with Crippen molar-refractivity contribution in [2.45, 2.75) is 0 Å². The van der Waals surface area contributed by atoms with Gasteiger partial charge < -0.3 is 4.52 Å². The van der Waals surface area contributed by atoms with Crippen LogP contribution in [0.15, 0.2) is 30.3 Å². The van der Waals surface area contributed by atoms with Gasteiger partial charge in [-0.3, -0.25) is 0 Å². The Kier molecular flexibility index (Phi) is 3.15. The van der Waals surface area contributed by atoms with Gasteiger partial charge in [-0.1, -0.05) is 18.2 Å². The fourth-order valence-corrected chi connectivity index (χ4v) is 1.30. The zero-order chi connectivity index (χ0) is 9.03. The van der Waals surface area contributed by atoms with E-state index in [2.05, 4.69) is 4.08 Å². The molecule has 0 fully saturated rings. The number of benzene rings is 1. The van der Waals surface area contributed by atoms with Crippen molar-refractivity contribution in [3.63, 3.8) is 0 Å². The molecule has 1 rings (SSSR count). The highest BCUT2D eigenvalue weighted by atomic mass is 35.5. The van der Waals surface area contributed by atoms with Crippen LogP contribution < -0.4 is 4.52 Å². The SMILES string of the molecule is CP(=O)(OCl)Oc1ccccc1. The smallest absolute Gasteiger partial charge is 0.392 e. The van der Waals surface area contributed by atoms with Crippen molar-refractivity contribution in [3.05, 3.63) is 30.3 Å². The molecule has 0 aromatic heterocycles. The summed E-state index contributed by atoms with van der Waals surface area (Å²) in [4.78, 5) is 0. The first kappa shape index (κ1) is 9.59. The molecule has 0 saturated carbocycles. The lowest BCUT2D eigenvalue weighted by molar-refractivity contribution is 0.408. The molecule has 1 aromatic rings. The summed E-state index contributed by atoms with van der Waals surface area (Å²) >= 11 is 4.95. The normalized spacial score (nSPS) is 15.2. The van der Waals surface area contributed by atoms with Crippen LogP contribution in [0, 0.1) is 0 Å². The minimum absolute atomic E-state index is 0.476. The molecule has 0 N–H and O–H groups in total. The van der Waals surface area contributed by atoms with Crippen molar-refractivity contribution < 1.29 is 13.2 Å². The lowest BCUT2D eigenvalue weighted by atomic mass is 10.3. The summed E-state index contributed by atoms with van der Waals surface area (Å²) in [5.41, 5.74) is 0. The second-order valence-corrected chi connectivity index (χ2v) is 4.52. The molecule has 1 atom stereocenters. The third-order valence-electron chi connectivity index (χ3n) is 1.14. The van der Waals surface area contributed by atoms with E-state index in [0.717, 1.165) is 0 Å². The van der Waals surface area contributed by atoms with E-state index in [-0.39, 0.29) is 0 Å². The molecule has 0 radical (unpaired) electrons. The Morgan fingerprint density at radius 1 is 1.33 bits per heavy atom. The van der Waals surface area contributed by atoms with Gasteiger partial charge in [0.15, 0.2) is 0 Å². The zero-order valence-corrected chi connectivity index (χ0v) is 8.09. The van der Waals surface area contributed by atoms with E-state index >= 15 is 0 Å². The van der Waals surface area contributed by atoms with E-state index < -0.39 is 7.60 Å². The predicted octanol–water partition coefficient (Wildman–Crippen LogP) is 3.06. The van der Waals surface area contributed by atoms with E-state index in [4.69, 9.17) is 16.4 Å². The molecule has 12 heavy (non-hydrogen) atoms. The second kappa shape index (κ2) is 3.94. The fraction of sp³-hybridized carbons (Fsp3) is 0.143. The molecule has 5 heteroatoms. The number of halogens is 1. The van der Waals surface area contributed by atoms with Crippen LogP contribution in [-0.4, -0.2) is 6.66 Å². The van der Waals surface area contributed by atoms with Crippen LogP contribution in [0.25, 0.3) is 0 Å². The van der Waals surface area contributed by atoms with Gasteiger partial charge in [0, 0.05) is 0 Å². The average molecular weight is 207 g/mol. The highest BCUT2D eigenvalue weighted by molar-refractivity contribution is 7.54. The second-order valence-electron chi connectivity index (χ2n) is 2.24. The molecule has 0 spiro atoms. The van der Waals surface area contributed by atoms with Gasteiger partial charge in [0.25, 0.3) is 0 Å². The van der Waals surface area contributed by atoms with Gasteiger partial charge in [-0.05, 0) is 12.1 Å². The lowest BCUT2D eigenvalue weighted by Gasteiger charge is -2.09. The number of hydrogen-bond acceptors (Lipinski definition) is 3. The summed E-state index contributed by atoms with van der Waals surface area (Å²) in [5.74, 6) is 0.476. The molecule has 66 valence electrons. The molecular formula is C7H8ClO3P. The Morgan fingerprint density at radius 2 is 1.92 bits per heavy atom. The summed E-state index contributed by atoms with van der Waals surface area (Å²) in [6.45, 7) is 1.30. The van der Waals surface area contributed by atoms with Gasteiger partial charge in [0.05, 0.1) is 18.5 Å². The van der Waals surface area contributed by atoms with E-state index in [1.807, 2.05) is 6.07 Å². The largest absolute Gasteiger partial charge is 0.424 e. The molecular weight excluding hydrogens is 199 g/mol. The first-order chi connectivity index (χ1) is 5.64. The maximum atomic E-state index is 11.2. The molecule has 0 amide bonds. The van der Waals surface area contributed by atoms with Gasteiger partial charge >= 0.3 is 7.60 Å².